The van der Waals surface area contributed by atoms with Gasteiger partial charge < -0.3 is 5.32 Å². The molecule has 2 aromatic carbocycles. The van der Waals surface area contributed by atoms with E-state index < -0.39 is 0 Å². The van der Waals surface area contributed by atoms with Crippen LogP contribution in [0.1, 0.15) is 43.6 Å². The molecule has 1 saturated carbocycles. The van der Waals surface area contributed by atoms with Crippen LogP contribution in [0.5, 0.6) is 0 Å². The van der Waals surface area contributed by atoms with E-state index >= 15 is 0 Å². The maximum absolute atomic E-state index is 6.39. The monoisotopic (exact) mass is 403 g/mol. The van der Waals surface area contributed by atoms with E-state index in [0.717, 1.165) is 22.4 Å². The maximum atomic E-state index is 6.39. The van der Waals surface area contributed by atoms with Gasteiger partial charge in [0.25, 0.3) is 5.95 Å². The van der Waals surface area contributed by atoms with Gasteiger partial charge in [-0.15, -0.1) is 0 Å². The molecule has 0 radical (unpaired) electrons. The van der Waals surface area contributed by atoms with Crippen LogP contribution < -0.4 is 5.32 Å². The Labute approximate surface area is 174 Å². The van der Waals surface area contributed by atoms with Gasteiger partial charge in [-0.25, -0.2) is 9.67 Å². The Kier molecular flexibility index (Phi) is 4.90. The summed E-state index contributed by atoms with van der Waals surface area (Å²) in [6, 6.07) is 16.1. The molecule has 0 amide bonds. The van der Waals surface area contributed by atoms with Crippen LogP contribution >= 0.6 is 11.6 Å². The minimum Gasteiger partial charge on any atom is -0.338 e. The highest BCUT2D eigenvalue weighted by Gasteiger charge is 2.18. The molecule has 0 spiro atoms. The second-order valence-corrected chi connectivity index (χ2v) is 7.95. The smallest absolute Gasteiger partial charge is 0.253 e. The lowest BCUT2D eigenvalue weighted by molar-refractivity contribution is 0.444. The summed E-state index contributed by atoms with van der Waals surface area (Å²) >= 11 is 6.39. The molecule has 0 atom stereocenters. The van der Waals surface area contributed by atoms with Gasteiger partial charge in [-0.1, -0.05) is 49.1 Å². The van der Waals surface area contributed by atoms with Crippen molar-refractivity contribution in [1.29, 1.82) is 0 Å². The van der Waals surface area contributed by atoms with Crippen LogP contribution in [-0.4, -0.2) is 19.7 Å². The van der Waals surface area contributed by atoms with Crippen LogP contribution in [-0.2, 0) is 0 Å². The van der Waals surface area contributed by atoms with Crippen molar-refractivity contribution >= 4 is 34.0 Å². The normalized spacial score (nSPS) is 14.9. The van der Waals surface area contributed by atoms with Gasteiger partial charge in [0.15, 0.2) is 0 Å². The highest BCUT2D eigenvalue weighted by molar-refractivity contribution is 6.33. The van der Waals surface area contributed by atoms with Crippen molar-refractivity contribution in [3.05, 3.63) is 71.5 Å². The minimum absolute atomic E-state index is 0.530. The summed E-state index contributed by atoms with van der Waals surface area (Å²) in [6.07, 6.45) is 10.0. The van der Waals surface area contributed by atoms with E-state index in [-0.39, 0.29) is 0 Å². The molecular formula is C23H22ClN5. The first kappa shape index (κ1) is 18.1. The predicted molar refractivity (Wildman–Crippen MR) is 117 cm³/mol. The maximum Gasteiger partial charge on any atom is 0.253 e. The fourth-order valence-corrected chi connectivity index (χ4v) is 4.28. The lowest BCUT2D eigenvalue weighted by atomic mass is 9.84. The fraction of sp³-hybridized carbons (Fsp3) is 0.261. The number of hydrogen-bond acceptors (Lipinski definition) is 4. The quantitative estimate of drug-likeness (QED) is 0.437. The molecule has 1 aliphatic rings. The molecule has 146 valence electrons. The summed E-state index contributed by atoms with van der Waals surface area (Å²) in [5, 5.41) is 9.37. The summed E-state index contributed by atoms with van der Waals surface area (Å²) in [5.41, 5.74) is 3.08. The molecule has 0 unspecified atom stereocenters. The molecule has 4 aromatic rings. The Morgan fingerprint density at radius 3 is 2.62 bits per heavy atom. The van der Waals surface area contributed by atoms with E-state index in [1.807, 2.05) is 36.5 Å². The predicted octanol–water partition coefficient (Wildman–Crippen LogP) is 6.26. The Morgan fingerprint density at radius 1 is 0.966 bits per heavy atom. The van der Waals surface area contributed by atoms with Gasteiger partial charge in [0.1, 0.15) is 5.82 Å². The molecule has 5 rings (SSSR count). The van der Waals surface area contributed by atoms with Crippen molar-refractivity contribution in [3.8, 4) is 5.95 Å². The van der Waals surface area contributed by atoms with Gasteiger partial charge in [-0.3, -0.25) is 0 Å². The number of anilines is 2. The van der Waals surface area contributed by atoms with Crippen molar-refractivity contribution in [2.75, 3.05) is 5.32 Å². The van der Waals surface area contributed by atoms with Crippen LogP contribution in [0, 0.1) is 0 Å². The zero-order valence-electron chi connectivity index (χ0n) is 16.1. The number of rotatable bonds is 4. The zero-order chi connectivity index (χ0) is 19.6. The standard InChI is InChI=1S/C23H22ClN5/c24-19-9-4-5-10-21(19)26-22-18-15-17(16-7-2-1-3-8-16)11-12-20(18)27-23(28-22)29-14-6-13-25-29/h4-6,9-16H,1-3,7-8H2,(H,26,27,28). The number of nitrogens with zero attached hydrogens (tertiary/aromatic N) is 4. The molecule has 1 N–H and O–H groups in total. The summed E-state index contributed by atoms with van der Waals surface area (Å²) < 4.78 is 1.67. The van der Waals surface area contributed by atoms with Crippen molar-refractivity contribution in [2.45, 2.75) is 38.0 Å². The number of benzene rings is 2. The van der Waals surface area contributed by atoms with Gasteiger partial charge in [0.05, 0.1) is 16.2 Å². The summed E-state index contributed by atoms with van der Waals surface area (Å²) in [4.78, 5) is 9.53. The van der Waals surface area contributed by atoms with Crippen molar-refractivity contribution in [2.24, 2.45) is 0 Å². The molecule has 0 bridgehead atoms. The van der Waals surface area contributed by atoms with Gasteiger partial charge in [-0.05, 0) is 54.7 Å². The molecule has 2 heterocycles. The zero-order valence-corrected chi connectivity index (χ0v) is 16.8. The number of halogens is 1. The average molecular weight is 404 g/mol. The highest BCUT2D eigenvalue weighted by Crippen LogP contribution is 2.36. The van der Waals surface area contributed by atoms with E-state index in [9.17, 15) is 0 Å². The van der Waals surface area contributed by atoms with Crippen molar-refractivity contribution < 1.29 is 0 Å². The first-order valence-corrected chi connectivity index (χ1v) is 10.5. The van der Waals surface area contributed by atoms with E-state index in [0.29, 0.717) is 16.9 Å². The third-order valence-electron chi connectivity index (χ3n) is 5.62. The summed E-state index contributed by atoms with van der Waals surface area (Å²) in [7, 11) is 0. The number of aromatic nitrogens is 4. The molecule has 0 aliphatic heterocycles. The number of nitrogens with one attached hydrogen (secondary N) is 1. The minimum atomic E-state index is 0.530. The van der Waals surface area contributed by atoms with Crippen LogP contribution in [0.4, 0.5) is 11.5 Å². The molecule has 1 aliphatic carbocycles. The topological polar surface area (TPSA) is 55.6 Å². The lowest BCUT2D eigenvalue weighted by Crippen LogP contribution is -2.07. The Bertz CT molecular complexity index is 1130. The van der Waals surface area contributed by atoms with E-state index in [2.05, 4.69) is 28.6 Å². The molecule has 1 fully saturated rings. The molecule has 0 saturated heterocycles. The second kappa shape index (κ2) is 7.84. The Balaban J connectivity index is 1.64. The van der Waals surface area contributed by atoms with Crippen molar-refractivity contribution in [1.82, 2.24) is 19.7 Å². The third kappa shape index (κ3) is 3.70. The van der Waals surface area contributed by atoms with Crippen LogP contribution in [0.25, 0.3) is 16.9 Å². The largest absolute Gasteiger partial charge is 0.338 e. The molecule has 5 nitrogen and oxygen atoms in total. The van der Waals surface area contributed by atoms with Crippen LogP contribution in [0.2, 0.25) is 5.02 Å². The molecule has 6 heteroatoms. The SMILES string of the molecule is Clc1ccccc1Nc1nc(-n2cccn2)nc2ccc(C3CCCCC3)cc12. The van der Waals surface area contributed by atoms with Gasteiger partial charge in [0.2, 0.25) is 0 Å². The van der Waals surface area contributed by atoms with Gasteiger partial charge >= 0.3 is 0 Å². The lowest BCUT2D eigenvalue weighted by Gasteiger charge is -2.22. The highest BCUT2D eigenvalue weighted by atomic mass is 35.5. The molecule has 2 aromatic heterocycles. The first-order valence-electron chi connectivity index (χ1n) is 10.1. The van der Waals surface area contributed by atoms with E-state index in [1.54, 1.807) is 10.9 Å². The average Bonchev–Trinajstić information content (AvgIpc) is 3.31. The van der Waals surface area contributed by atoms with Gasteiger partial charge in [0, 0.05) is 17.8 Å². The van der Waals surface area contributed by atoms with Crippen molar-refractivity contribution in [3.63, 3.8) is 0 Å². The Hall–Kier alpha value is -2.92. The molecular weight excluding hydrogens is 382 g/mol. The first-order chi connectivity index (χ1) is 14.3. The van der Waals surface area contributed by atoms with E-state index in [4.69, 9.17) is 21.6 Å². The Morgan fingerprint density at radius 2 is 1.83 bits per heavy atom. The number of para-hydroxylation sites is 1. The number of fused-ring (bicyclic) bond motifs is 1. The fourth-order valence-electron chi connectivity index (χ4n) is 4.10. The van der Waals surface area contributed by atoms with Crippen LogP contribution in [0.15, 0.2) is 60.9 Å². The summed E-state index contributed by atoms with van der Waals surface area (Å²) in [6.45, 7) is 0. The summed E-state index contributed by atoms with van der Waals surface area (Å²) in [5.74, 6) is 1.89. The second-order valence-electron chi connectivity index (χ2n) is 7.54. The molecule has 29 heavy (non-hydrogen) atoms. The van der Waals surface area contributed by atoms with Gasteiger partial charge in [-0.2, -0.15) is 10.1 Å². The van der Waals surface area contributed by atoms with Crippen LogP contribution in [0.3, 0.4) is 0 Å². The number of hydrogen-bond donors (Lipinski definition) is 1. The third-order valence-corrected chi connectivity index (χ3v) is 5.95. The van der Waals surface area contributed by atoms with E-state index in [1.165, 1.54) is 37.7 Å².